The third-order valence-corrected chi connectivity index (χ3v) is 7.70. The van der Waals surface area contributed by atoms with Crippen LogP contribution < -0.4 is 0 Å². The molecule has 6 rings (SSSR count). The molecule has 0 amide bonds. The Kier molecular flexibility index (Phi) is 5.20. The number of hydrogen-bond donors (Lipinski definition) is 0. The van der Waals surface area contributed by atoms with Crippen LogP contribution in [0.3, 0.4) is 0 Å². The second kappa shape index (κ2) is 8.00. The van der Waals surface area contributed by atoms with Gasteiger partial charge in [0.15, 0.2) is 5.78 Å². The van der Waals surface area contributed by atoms with Crippen molar-refractivity contribution in [1.82, 2.24) is 14.7 Å². The number of ketones is 1. The number of carbonyl (C=O) groups is 2. The Morgan fingerprint density at radius 3 is 2.42 bits per heavy atom. The third kappa shape index (κ3) is 3.86. The summed E-state index contributed by atoms with van der Waals surface area (Å²) in [4.78, 5) is 32.3. The van der Waals surface area contributed by atoms with Crippen LogP contribution in [0.5, 0.6) is 0 Å². The van der Waals surface area contributed by atoms with Gasteiger partial charge in [-0.15, -0.1) is 0 Å². The molecule has 1 spiro atoms. The first-order chi connectivity index (χ1) is 17.1. The van der Waals surface area contributed by atoms with Crippen LogP contribution in [0, 0.1) is 13.8 Å². The molecule has 2 aliphatic carbocycles. The largest absolute Gasteiger partial charge is 0.443 e. The first-order valence-corrected chi connectivity index (χ1v) is 13.0. The molecule has 0 radical (unpaired) electrons. The maximum absolute atomic E-state index is 14.0. The molecule has 3 heterocycles. The van der Waals surface area contributed by atoms with Crippen molar-refractivity contribution in [2.24, 2.45) is 0 Å². The highest BCUT2D eigenvalue weighted by molar-refractivity contribution is 6.11. The molecule has 8 heteroatoms. The molecule has 3 fully saturated rings. The number of nitrogens with zero attached hydrogens (tertiary/aromatic N) is 3. The lowest BCUT2D eigenvalue weighted by atomic mass is 9.78. The maximum Gasteiger partial charge on any atom is 0.420 e. The number of aryl methyl sites for hydroxylation is 2. The topological polar surface area (TPSA) is 96.5 Å². The van der Waals surface area contributed by atoms with Crippen LogP contribution in [0.4, 0.5) is 4.79 Å². The predicted molar refractivity (Wildman–Crippen MR) is 133 cm³/mol. The summed E-state index contributed by atoms with van der Waals surface area (Å²) < 4.78 is 19.1. The first-order valence-electron chi connectivity index (χ1n) is 13.0. The molecule has 0 bridgehead atoms. The summed E-state index contributed by atoms with van der Waals surface area (Å²) in [6, 6.07) is 3.78. The van der Waals surface area contributed by atoms with Crippen molar-refractivity contribution >= 4 is 22.9 Å². The molecule has 190 valence electrons. The molecule has 0 N–H and O–H groups in total. The van der Waals surface area contributed by atoms with Gasteiger partial charge in [0.05, 0.1) is 16.8 Å². The van der Waals surface area contributed by atoms with Gasteiger partial charge in [-0.05, 0) is 97.3 Å². The smallest absolute Gasteiger partial charge is 0.420 e. The minimum Gasteiger partial charge on any atom is -0.443 e. The second-order valence-electron chi connectivity index (χ2n) is 11.7. The summed E-state index contributed by atoms with van der Waals surface area (Å²) in [6.45, 7) is 9.26. The van der Waals surface area contributed by atoms with E-state index in [4.69, 9.17) is 19.0 Å². The molecule has 2 saturated carbocycles. The molecule has 1 aromatic carbocycles. The summed E-state index contributed by atoms with van der Waals surface area (Å²) in [6.07, 6.45) is 5.75. The summed E-state index contributed by atoms with van der Waals surface area (Å²) in [5.74, 6) is 1.42. The summed E-state index contributed by atoms with van der Waals surface area (Å²) in [5.41, 5.74) is 3.10. The van der Waals surface area contributed by atoms with E-state index in [2.05, 4.69) is 5.16 Å². The number of hydrogen-bond acceptors (Lipinski definition) is 7. The van der Waals surface area contributed by atoms with Crippen molar-refractivity contribution in [3.05, 3.63) is 35.0 Å². The highest BCUT2D eigenvalue weighted by atomic mass is 16.6. The van der Waals surface area contributed by atoms with E-state index in [1.807, 2.05) is 46.8 Å². The minimum absolute atomic E-state index is 0.0754. The maximum atomic E-state index is 14.0. The van der Waals surface area contributed by atoms with Crippen molar-refractivity contribution < 1.29 is 23.6 Å². The lowest BCUT2D eigenvalue weighted by Gasteiger charge is -2.37. The van der Waals surface area contributed by atoms with Gasteiger partial charge in [-0.3, -0.25) is 4.79 Å². The van der Waals surface area contributed by atoms with Crippen molar-refractivity contribution in [1.29, 1.82) is 0 Å². The molecule has 1 aliphatic heterocycles. The standard InChI is InChI=1S/C28H33N3O5/c1-15-22(16(2)36-30-15)18-13-19(24(32)21-9-12-28(34-21)10-6-11-28)23-20(14-18)31(25(29-23)17-7-8-17)26(33)35-27(3,4)5/h13-14,17,21H,6-12H2,1-5H3. The van der Waals surface area contributed by atoms with Gasteiger partial charge in [0.25, 0.3) is 0 Å². The fourth-order valence-electron chi connectivity index (χ4n) is 5.65. The Balaban J connectivity index is 1.54. The Morgan fingerprint density at radius 1 is 1.11 bits per heavy atom. The van der Waals surface area contributed by atoms with Crippen LogP contribution >= 0.6 is 0 Å². The fraction of sp³-hybridized carbons (Fsp3) is 0.571. The number of benzene rings is 1. The predicted octanol–water partition coefficient (Wildman–Crippen LogP) is 6.25. The Bertz CT molecular complexity index is 1360. The Hall–Kier alpha value is -3.00. The van der Waals surface area contributed by atoms with E-state index >= 15 is 0 Å². The van der Waals surface area contributed by atoms with E-state index in [9.17, 15) is 9.59 Å². The van der Waals surface area contributed by atoms with E-state index in [0.717, 1.165) is 55.3 Å². The summed E-state index contributed by atoms with van der Waals surface area (Å²) in [7, 11) is 0. The number of ether oxygens (including phenoxy) is 2. The van der Waals surface area contributed by atoms with Gasteiger partial charge in [-0.1, -0.05) is 5.16 Å². The van der Waals surface area contributed by atoms with Crippen molar-refractivity contribution in [2.75, 3.05) is 0 Å². The quantitative estimate of drug-likeness (QED) is 0.398. The summed E-state index contributed by atoms with van der Waals surface area (Å²) in [5, 5.41) is 4.11. The number of imidazole rings is 1. The number of fused-ring (bicyclic) bond motifs is 1. The van der Waals surface area contributed by atoms with E-state index in [1.165, 1.54) is 0 Å². The van der Waals surface area contributed by atoms with Crippen molar-refractivity contribution in [3.8, 4) is 11.1 Å². The van der Waals surface area contributed by atoms with Gasteiger partial charge in [-0.25, -0.2) is 14.3 Å². The molecule has 1 unspecified atom stereocenters. The van der Waals surface area contributed by atoms with Crippen LogP contribution in [0.25, 0.3) is 22.2 Å². The fourth-order valence-corrected chi connectivity index (χ4v) is 5.65. The first kappa shape index (κ1) is 23.4. The van der Waals surface area contributed by atoms with E-state index < -0.39 is 17.8 Å². The van der Waals surface area contributed by atoms with Gasteiger partial charge in [0.1, 0.15) is 28.8 Å². The lowest BCUT2D eigenvalue weighted by Crippen LogP contribution is -2.38. The van der Waals surface area contributed by atoms with Crippen molar-refractivity contribution in [2.45, 2.75) is 103 Å². The Labute approximate surface area is 210 Å². The SMILES string of the molecule is Cc1noc(C)c1-c1cc(C(=O)C2CCC3(CCC3)O2)c2nc(C3CC3)n(C(=O)OC(C)(C)C)c2c1. The van der Waals surface area contributed by atoms with Crippen LogP contribution in [0.1, 0.15) is 99.3 Å². The molecule has 1 atom stereocenters. The molecular formula is C28H33N3O5. The van der Waals surface area contributed by atoms with Gasteiger partial charge in [-0.2, -0.15) is 0 Å². The molecular weight excluding hydrogens is 458 g/mol. The average Bonchev–Trinajstić information content (AvgIpc) is 3.24. The number of Topliss-reactive ketones (excluding diaryl/α,β-unsaturated/α-hetero) is 1. The molecule has 1 saturated heterocycles. The highest BCUT2D eigenvalue weighted by Crippen LogP contribution is 2.47. The van der Waals surface area contributed by atoms with Crippen LogP contribution in [-0.4, -0.2) is 43.9 Å². The van der Waals surface area contributed by atoms with E-state index in [-0.39, 0.29) is 17.3 Å². The lowest BCUT2D eigenvalue weighted by molar-refractivity contribution is -0.0799. The number of carbonyl (C=O) groups excluding carboxylic acids is 2. The van der Waals surface area contributed by atoms with Crippen molar-refractivity contribution in [3.63, 3.8) is 0 Å². The number of aromatic nitrogens is 3. The highest BCUT2D eigenvalue weighted by Gasteiger charge is 2.47. The second-order valence-corrected chi connectivity index (χ2v) is 11.7. The zero-order valence-corrected chi connectivity index (χ0v) is 21.6. The normalized spacial score (nSPS) is 21.2. The average molecular weight is 492 g/mol. The molecule has 8 nitrogen and oxygen atoms in total. The minimum atomic E-state index is -0.665. The molecule has 2 aromatic heterocycles. The van der Waals surface area contributed by atoms with Gasteiger partial charge >= 0.3 is 6.09 Å². The van der Waals surface area contributed by atoms with Crippen LogP contribution in [-0.2, 0) is 9.47 Å². The Morgan fingerprint density at radius 2 is 1.86 bits per heavy atom. The zero-order chi connectivity index (χ0) is 25.4. The molecule has 36 heavy (non-hydrogen) atoms. The van der Waals surface area contributed by atoms with Gasteiger partial charge < -0.3 is 14.0 Å². The summed E-state index contributed by atoms with van der Waals surface area (Å²) >= 11 is 0. The number of rotatable bonds is 4. The van der Waals surface area contributed by atoms with Crippen LogP contribution in [0.15, 0.2) is 16.7 Å². The third-order valence-electron chi connectivity index (χ3n) is 7.70. The van der Waals surface area contributed by atoms with Gasteiger partial charge in [0.2, 0.25) is 0 Å². The van der Waals surface area contributed by atoms with Gasteiger partial charge in [0, 0.05) is 17.0 Å². The van der Waals surface area contributed by atoms with Crippen LogP contribution in [0.2, 0.25) is 0 Å². The molecule has 3 aliphatic rings. The monoisotopic (exact) mass is 491 g/mol. The van der Waals surface area contributed by atoms with E-state index in [0.29, 0.717) is 34.6 Å². The zero-order valence-electron chi connectivity index (χ0n) is 21.6. The molecule has 3 aromatic rings. The van der Waals surface area contributed by atoms with E-state index in [1.54, 1.807) is 4.57 Å².